The summed E-state index contributed by atoms with van der Waals surface area (Å²) in [5.41, 5.74) is -0.179. The van der Waals surface area contributed by atoms with E-state index in [0.717, 1.165) is 0 Å². The van der Waals surface area contributed by atoms with Crippen molar-refractivity contribution in [2.45, 2.75) is 39.2 Å². The predicted molar refractivity (Wildman–Crippen MR) is 94.7 cm³/mol. The number of ether oxygens (including phenoxy) is 2. The predicted octanol–water partition coefficient (Wildman–Crippen LogP) is 2.16. The quantitative estimate of drug-likeness (QED) is 0.567. The lowest BCUT2D eigenvalue weighted by molar-refractivity contribution is -0.162. The van der Waals surface area contributed by atoms with Gasteiger partial charge in [-0.05, 0) is 38.8 Å². The first-order valence-corrected chi connectivity index (χ1v) is 9.00. The molecule has 1 aliphatic heterocycles. The van der Waals surface area contributed by atoms with E-state index in [1.54, 1.807) is 19.9 Å². The van der Waals surface area contributed by atoms with Crippen LogP contribution < -0.4 is 5.56 Å². The molecule has 1 aliphatic rings. The molecule has 2 aromatic rings. The SMILES string of the molecule is CCOC(=O)C(CC1CCn2c1nc1cccc(F)c1c2=O)C(=O)OCC. The molecule has 0 amide bonds. The second kappa shape index (κ2) is 7.85. The van der Waals surface area contributed by atoms with Crippen LogP contribution in [0.5, 0.6) is 0 Å². The molecule has 1 atom stereocenters. The van der Waals surface area contributed by atoms with Gasteiger partial charge < -0.3 is 9.47 Å². The van der Waals surface area contributed by atoms with Crippen LogP contribution in [0, 0.1) is 11.7 Å². The summed E-state index contributed by atoms with van der Waals surface area (Å²) in [6.45, 7) is 3.98. The fourth-order valence-corrected chi connectivity index (χ4v) is 3.46. The van der Waals surface area contributed by atoms with E-state index in [4.69, 9.17) is 9.47 Å². The van der Waals surface area contributed by atoms with Crippen molar-refractivity contribution in [3.05, 3.63) is 40.2 Å². The molecule has 144 valence electrons. The van der Waals surface area contributed by atoms with Crippen LogP contribution in [-0.2, 0) is 25.6 Å². The van der Waals surface area contributed by atoms with Crippen LogP contribution in [0.3, 0.4) is 0 Å². The second-order valence-corrected chi connectivity index (χ2v) is 6.34. The number of rotatable bonds is 6. The van der Waals surface area contributed by atoms with Gasteiger partial charge in [0.25, 0.3) is 5.56 Å². The Morgan fingerprint density at radius 3 is 2.56 bits per heavy atom. The first kappa shape index (κ1) is 19.0. The highest BCUT2D eigenvalue weighted by atomic mass is 19.1. The van der Waals surface area contributed by atoms with E-state index in [9.17, 15) is 18.8 Å². The fraction of sp³-hybridized carbons (Fsp3) is 0.474. The molecule has 0 radical (unpaired) electrons. The lowest BCUT2D eigenvalue weighted by Crippen LogP contribution is -2.30. The smallest absolute Gasteiger partial charge is 0.320 e. The highest BCUT2D eigenvalue weighted by Crippen LogP contribution is 2.33. The molecule has 2 heterocycles. The topological polar surface area (TPSA) is 87.5 Å². The highest BCUT2D eigenvalue weighted by Gasteiger charge is 2.36. The monoisotopic (exact) mass is 376 g/mol. The van der Waals surface area contributed by atoms with Gasteiger partial charge in [0.15, 0.2) is 5.92 Å². The Bertz CT molecular complexity index is 922. The van der Waals surface area contributed by atoms with Crippen molar-refractivity contribution >= 4 is 22.8 Å². The molecule has 1 aromatic carbocycles. The zero-order valence-corrected chi connectivity index (χ0v) is 15.2. The number of nitrogens with zero attached hydrogens (tertiary/aromatic N) is 2. The molecule has 0 saturated carbocycles. The first-order chi connectivity index (χ1) is 13.0. The molecule has 3 rings (SSSR count). The summed E-state index contributed by atoms with van der Waals surface area (Å²) in [5, 5.41) is -0.0470. The van der Waals surface area contributed by atoms with Crippen molar-refractivity contribution in [1.29, 1.82) is 0 Å². The number of hydrogen-bond donors (Lipinski definition) is 0. The van der Waals surface area contributed by atoms with Crippen LogP contribution in [0.15, 0.2) is 23.0 Å². The van der Waals surface area contributed by atoms with E-state index >= 15 is 0 Å². The molecule has 0 spiro atoms. The van der Waals surface area contributed by atoms with Gasteiger partial charge in [0.1, 0.15) is 17.0 Å². The standard InChI is InChI=1S/C19H21FN2O5/c1-3-26-18(24)12(19(25)27-4-2)10-11-8-9-22-16(11)21-14-7-5-6-13(20)15(14)17(22)23/h5-7,11-12H,3-4,8-10H2,1-2H3. The van der Waals surface area contributed by atoms with E-state index in [1.165, 1.54) is 16.7 Å². The van der Waals surface area contributed by atoms with E-state index in [0.29, 0.717) is 18.8 Å². The van der Waals surface area contributed by atoms with Crippen molar-refractivity contribution in [3.63, 3.8) is 0 Å². The maximum Gasteiger partial charge on any atom is 0.320 e. The molecular formula is C19H21FN2O5. The van der Waals surface area contributed by atoms with Crippen molar-refractivity contribution in [3.8, 4) is 0 Å². The van der Waals surface area contributed by atoms with E-state index in [2.05, 4.69) is 4.98 Å². The number of benzene rings is 1. The Morgan fingerprint density at radius 2 is 1.93 bits per heavy atom. The van der Waals surface area contributed by atoms with Gasteiger partial charge >= 0.3 is 11.9 Å². The summed E-state index contributed by atoms with van der Waals surface area (Å²) >= 11 is 0. The molecule has 8 heteroatoms. The summed E-state index contributed by atoms with van der Waals surface area (Å²) in [7, 11) is 0. The molecule has 7 nitrogen and oxygen atoms in total. The maximum absolute atomic E-state index is 14.0. The van der Waals surface area contributed by atoms with Crippen LogP contribution in [0.2, 0.25) is 0 Å². The van der Waals surface area contributed by atoms with Gasteiger partial charge in [-0.2, -0.15) is 0 Å². The molecule has 0 bridgehead atoms. The average molecular weight is 376 g/mol. The van der Waals surface area contributed by atoms with E-state index in [1.807, 2.05) is 0 Å². The number of esters is 2. The molecule has 0 saturated heterocycles. The zero-order chi connectivity index (χ0) is 19.6. The van der Waals surface area contributed by atoms with Gasteiger partial charge in [0.05, 0.1) is 18.7 Å². The third-order valence-electron chi connectivity index (χ3n) is 4.69. The van der Waals surface area contributed by atoms with Gasteiger partial charge in [-0.15, -0.1) is 0 Å². The fourth-order valence-electron chi connectivity index (χ4n) is 3.46. The molecule has 1 unspecified atom stereocenters. The molecular weight excluding hydrogens is 355 g/mol. The van der Waals surface area contributed by atoms with Crippen molar-refractivity contribution < 1.29 is 23.5 Å². The number of aromatic nitrogens is 2. The number of halogens is 1. The number of fused-ring (bicyclic) bond motifs is 2. The van der Waals surface area contributed by atoms with Gasteiger partial charge in [-0.25, -0.2) is 9.37 Å². The van der Waals surface area contributed by atoms with Crippen molar-refractivity contribution in [1.82, 2.24) is 9.55 Å². The Morgan fingerprint density at radius 1 is 1.26 bits per heavy atom. The van der Waals surface area contributed by atoms with Gasteiger partial charge in [-0.3, -0.25) is 19.0 Å². The average Bonchev–Trinajstić information content (AvgIpc) is 3.03. The minimum atomic E-state index is -1.08. The van der Waals surface area contributed by atoms with Crippen LogP contribution in [0.4, 0.5) is 4.39 Å². The molecule has 0 N–H and O–H groups in total. The largest absolute Gasteiger partial charge is 0.465 e. The van der Waals surface area contributed by atoms with Crippen LogP contribution in [0.1, 0.15) is 38.4 Å². The summed E-state index contributed by atoms with van der Waals surface area (Å²) in [6.07, 6.45) is 0.653. The summed E-state index contributed by atoms with van der Waals surface area (Å²) in [6, 6.07) is 4.29. The second-order valence-electron chi connectivity index (χ2n) is 6.34. The summed E-state index contributed by atoms with van der Waals surface area (Å²) < 4.78 is 25.5. The molecule has 0 aliphatic carbocycles. The van der Waals surface area contributed by atoms with E-state index < -0.39 is 29.2 Å². The number of carbonyl (C=O) groups excluding carboxylic acids is 2. The van der Waals surface area contributed by atoms with Crippen molar-refractivity contribution in [2.75, 3.05) is 13.2 Å². The first-order valence-electron chi connectivity index (χ1n) is 9.00. The molecule has 0 fully saturated rings. The minimum Gasteiger partial charge on any atom is -0.465 e. The highest BCUT2D eigenvalue weighted by molar-refractivity contribution is 5.95. The summed E-state index contributed by atoms with van der Waals surface area (Å²) in [5.74, 6) is -2.84. The number of carbonyl (C=O) groups is 2. The Balaban J connectivity index is 1.96. The zero-order valence-electron chi connectivity index (χ0n) is 15.2. The third-order valence-corrected chi connectivity index (χ3v) is 4.69. The Labute approximate surface area is 155 Å². The lowest BCUT2D eigenvalue weighted by Gasteiger charge is -2.18. The van der Waals surface area contributed by atoms with Gasteiger partial charge in [-0.1, -0.05) is 6.07 Å². The Kier molecular flexibility index (Phi) is 5.53. The lowest BCUT2D eigenvalue weighted by atomic mass is 9.93. The van der Waals surface area contributed by atoms with Crippen LogP contribution in [-0.4, -0.2) is 34.7 Å². The normalized spacial score (nSPS) is 15.8. The van der Waals surface area contributed by atoms with Gasteiger partial charge in [0, 0.05) is 12.5 Å². The Hall–Kier alpha value is -2.77. The minimum absolute atomic E-state index is 0.0470. The van der Waals surface area contributed by atoms with Gasteiger partial charge in [0.2, 0.25) is 0 Å². The third kappa shape index (κ3) is 3.56. The van der Waals surface area contributed by atoms with Crippen LogP contribution in [0.25, 0.3) is 10.9 Å². The van der Waals surface area contributed by atoms with E-state index in [-0.39, 0.29) is 36.5 Å². The van der Waals surface area contributed by atoms with Crippen molar-refractivity contribution in [2.24, 2.45) is 5.92 Å². The number of hydrogen-bond acceptors (Lipinski definition) is 6. The summed E-state index contributed by atoms with van der Waals surface area (Å²) in [4.78, 5) is 41.5. The maximum atomic E-state index is 14.0. The molecule has 1 aromatic heterocycles. The van der Waals surface area contributed by atoms with Crippen LogP contribution >= 0.6 is 0 Å². The molecule has 27 heavy (non-hydrogen) atoms.